The first-order valence-electron chi connectivity index (χ1n) is 6.71. The van der Waals surface area contributed by atoms with Crippen molar-refractivity contribution in [3.63, 3.8) is 0 Å². The highest BCUT2D eigenvalue weighted by molar-refractivity contribution is 5.37. The van der Waals surface area contributed by atoms with Crippen molar-refractivity contribution in [1.29, 1.82) is 0 Å². The molecular formula is C14H19N5. The van der Waals surface area contributed by atoms with E-state index in [4.69, 9.17) is 5.73 Å². The van der Waals surface area contributed by atoms with Gasteiger partial charge in [-0.15, -0.1) is 5.10 Å². The molecule has 0 saturated carbocycles. The van der Waals surface area contributed by atoms with Crippen LogP contribution < -0.4 is 11.1 Å². The summed E-state index contributed by atoms with van der Waals surface area (Å²) < 4.78 is 1.89. The fraction of sp³-hybridized carbons (Fsp3) is 0.429. The molecule has 1 aromatic heterocycles. The highest BCUT2D eigenvalue weighted by Crippen LogP contribution is 2.29. The zero-order chi connectivity index (χ0) is 13.4. The number of benzene rings is 1. The largest absolute Gasteiger partial charge is 0.366 e. The van der Waals surface area contributed by atoms with Gasteiger partial charge >= 0.3 is 0 Å². The average Bonchev–Trinajstić information content (AvgIpc) is 2.78. The minimum Gasteiger partial charge on any atom is -0.366 e. The normalized spacial score (nSPS) is 18.2. The maximum Gasteiger partial charge on any atom is 0.241 e. The van der Waals surface area contributed by atoms with Gasteiger partial charge in [0, 0.05) is 6.54 Å². The Morgan fingerprint density at radius 1 is 1.32 bits per heavy atom. The van der Waals surface area contributed by atoms with Crippen molar-refractivity contribution in [3.8, 4) is 0 Å². The molecule has 1 aliphatic rings. The standard InChI is InChI=1S/C14H19N5/c1-9(2)10-3-5-11(6-4-10)12-7-8-16-14-17-13(15)18-19(12)14/h3-6,9,12H,7-8H2,1-2H3,(H3,15,16,17,18). The number of fused-ring (bicyclic) bond motifs is 1. The maximum absolute atomic E-state index is 5.68. The molecule has 1 atom stereocenters. The van der Waals surface area contributed by atoms with E-state index in [0.717, 1.165) is 18.9 Å². The molecule has 1 unspecified atom stereocenters. The summed E-state index contributed by atoms with van der Waals surface area (Å²) >= 11 is 0. The Hall–Kier alpha value is -2.04. The van der Waals surface area contributed by atoms with Crippen molar-refractivity contribution in [3.05, 3.63) is 35.4 Å². The third kappa shape index (κ3) is 2.16. The SMILES string of the molecule is CC(C)c1ccc(C2CCNc3nc(N)nn32)cc1. The van der Waals surface area contributed by atoms with E-state index in [2.05, 4.69) is 53.5 Å². The summed E-state index contributed by atoms with van der Waals surface area (Å²) in [7, 11) is 0. The van der Waals surface area contributed by atoms with Crippen molar-refractivity contribution in [1.82, 2.24) is 14.8 Å². The molecule has 1 aliphatic heterocycles. The van der Waals surface area contributed by atoms with Crippen molar-refractivity contribution in [2.75, 3.05) is 17.6 Å². The van der Waals surface area contributed by atoms with Crippen LogP contribution in [0.2, 0.25) is 0 Å². The van der Waals surface area contributed by atoms with Crippen LogP contribution in [0.1, 0.15) is 43.4 Å². The third-order valence-electron chi connectivity index (χ3n) is 3.63. The lowest BCUT2D eigenvalue weighted by Crippen LogP contribution is -2.24. The first-order valence-corrected chi connectivity index (χ1v) is 6.71. The quantitative estimate of drug-likeness (QED) is 0.866. The molecule has 5 heteroatoms. The van der Waals surface area contributed by atoms with Crippen molar-refractivity contribution < 1.29 is 0 Å². The van der Waals surface area contributed by atoms with Gasteiger partial charge in [-0.25, -0.2) is 4.68 Å². The molecule has 0 bridgehead atoms. The summed E-state index contributed by atoms with van der Waals surface area (Å²) in [5, 5.41) is 7.51. The van der Waals surface area contributed by atoms with E-state index < -0.39 is 0 Å². The topological polar surface area (TPSA) is 68.8 Å². The lowest BCUT2D eigenvalue weighted by Gasteiger charge is -2.24. The molecule has 19 heavy (non-hydrogen) atoms. The molecule has 3 N–H and O–H groups in total. The van der Waals surface area contributed by atoms with E-state index in [1.165, 1.54) is 11.1 Å². The first kappa shape index (κ1) is 12.0. The van der Waals surface area contributed by atoms with Crippen LogP contribution >= 0.6 is 0 Å². The van der Waals surface area contributed by atoms with Gasteiger partial charge in [-0.3, -0.25) is 0 Å². The lowest BCUT2D eigenvalue weighted by molar-refractivity contribution is 0.481. The van der Waals surface area contributed by atoms with Crippen LogP contribution in [0, 0.1) is 0 Å². The molecule has 0 spiro atoms. The van der Waals surface area contributed by atoms with Gasteiger partial charge in [0.05, 0.1) is 6.04 Å². The summed E-state index contributed by atoms with van der Waals surface area (Å²) in [5.41, 5.74) is 8.30. The van der Waals surface area contributed by atoms with E-state index in [1.54, 1.807) is 0 Å². The minimum absolute atomic E-state index is 0.224. The fourth-order valence-corrected chi connectivity index (χ4v) is 2.53. The smallest absolute Gasteiger partial charge is 0.241 e. The summed E-state index contributed by atoms with van der Waals surface area (Å²) in [5.74, 6) is 1.65. The molecule has 5 nitrogen and oxygen atoms in total. The van der Waals surface area contributed by atoms with Gasteiger partial charge in [0.2, 0.25) is 11.9 Å². The molecule has 100 valence electrons. The molecule has 0 radical (unpaired) electrons. The molecular weight excluding hydrogens is 238 g/mol. The van der Waals surface area contributed by atoms with Gasteiger partial charge in [-0.1, -0.05) is 38.1 Å². The summed E-state index contributed by atoms with van der Waals surface area (Å²) in [6.45, 7) is 5.31. The van der Waals surface area contributed by atoms with E-state index in [1.807, 2.05) is 4.68 Å². The maximum atomic E-state index is 5.68. The Balaban J connectivity index is 1.94. The van der Waals surface area contributed by atoms with Crippen LogP contribution in [-0.4, -0.2) is 21.3 Å². The summed E-state index contributed by atoms with van der Waals surface area (Å²) in [6, 6.07) is 8.99. The molecule has 3 rings (SSSR count). The Bertz CT molecular complexity index is 570. The number of hydrogen-bond acceptors (Lipinski definition) is 4. The van der Waals surface area contributed by atoms with E-state index >= 15 is 0 Å². The summed E-state index contributed by atoms with van der Waals surface area (Å²) in [6.07, 6.45) is 0.997. The Kier molecular flexibility index (Phi) is 2.89. The number of nitrogens with one attached hydrogen (secondary N) is 1. The molecule has 2 aromatic rings. The molecule has 1 aromatic carbocycles. The van der Waals surface area contributed by atoms with Gasteiger partial charge in [0.1, 0.15) is 0 Å². The molecule has 2 heterocycles. The first-order chi connectivity index (χ1) is 9.15. The van der Waals surface area contributed by atoms with Crippen LogP contribution in [0.15, 0.2) is 24.3 Å². The fourth-order valence-electron chi connectivity index (χ4n) is 2.53. The van der Waals surface area contributed by atoms with Crippen LogP contribution in [0.4, 0.5) is 11.9 Å². The van der Waals surface area contributed by atoms with Crippen LogP contribution in [0.5, 0.6) is 0 Å². The molecule has 0 saturated heterocycles. The Morgan fingerprint density at radius 2 is 2.05 bits per heavy atom. The van der Waals surface area contributed by atoms with Gasteiger partial charge in [-0.2, -0.15) is 4.98 Å². The molecule has 0 aliphatic carbocycles. The van der Waals surface area contributed by atoms with E-state index in [-0.39, 0.29) is 6.04 Å². The van der Waals surface area contributed by atoms with E-state index in [9.17, 15) is 0 Å². The number of anilines is 2. The van der Waals surface area contributed by atoms with Crippen molar-refractivity contribution in [2.45, 2.75) is 32.2 Å². The lowest BCUT2D eigenvalue weighted by atomic mass is 9.97. The molecule has 0 fully saturated rings. The predicted molar refractivity (Wildman–Crippen MR) is 76.2 cm³/mol. The van der Waals surface area contributed by atoms with Gasteiger partial charge in [0.25, 0.3) is 0 Å². The zero-order valence-corrected chi connectivity index (χ0v) is 11.3. The number of hydrogen-bond donors (Lipinski definition) is 2. The van der Waals surface area contributed by atoms with E-state index in [0.29, 0.717) is 11.9 Å². The van der Waals surface area contributed by atoms with Crippen LogP contribution in [0.3, 0.4) is 0 Å². The summed E-state index contributed by atoms with van der Waals surface area (Å²) in [4.78, 5) is 4.19. The number of nitrogens with zero attached hydrogens (tertiary/aromatic N) is 3. The number of nitrogens with two attached hydrogens (primary N) is 1. The van der Waals surface area contributed by atoms with Crippen molar-refractivity contribution >= 4 is 11.9 Å². The zero-order valence-electron chi connectivity index (χ0n) is 11.3. The highest BCUT2D eigenvalue weighted by atomic mass is 15.4. The molecule has 0 amide bonds. The monoisotopic (exact) mass is 257 g/mol. The predicted octanol–water partition coefficient (Wildman–Crippen LogP) is 2.39. The average molecular weight is 257 g/mol. The Morgan fingerprint density at radius 3 is 2.74 bits per heavy atom. The second-order valence-corrected chi connectivity index (χ2v) is 5.29. The number of nitrogen functional groups attached to an aromatic ring is 1. The van der Waals surface area contributed by atoms with Gasteiger partial charge in [0.15, 0.2) is 0 Å². The van der Waals surface area contributed by atoms with Gasteiger partial charge in [-0.05, 0) is 23.5 Å². The van der Waals surface area contributed by atoms with Crippen molar-refractivity contribution in [2.24, 2.45) is 0 Å². The minimum atomic E-state index is 0.224. The number of rotatable bonds is 2. The van der Waals surface area contributed by atoms with Gasteiger partial charge < -0.3 is 11.1 Å². The highest BCUT2D eigenvalue weighted by Gasteiger charge is 2.23. The second kappa shape index (κ2) is 4.57. The van der Waals surface area contributed by atoms with Crippen LogP contribution in [-0.2, 0) is 0 Å². The Labute approximate surface area is 112 Å². The third-order valence-corrected chi connectivity index (χ3v) is 3.63. The number of aromatic nitrogens is 3. The second-order valence-electron chi connectivity index (χ2n) is 5.29. The van der Waals surface area contributed by atoms with Crippen LogP contribution in [0.25, 0.3) is 0 Å².